The SMILES string of the molecule is CCO[Si](C=Cc1cccc2c1C=C2)(OCC)OCC. The van der Waals surface area contributed by atoms with Crippen LogP contribution in [0.2, 0.25) is 0 Å². The van der Waals surface area contributed by atoms with E-state index >= 15 is 0 Å². The van der Waals surface area contributed by atoms with Gasteiger partial charge in [-0.2, -0.15) is 0 Å². The molecule has 0 atom stereocenters. The van der Waals surface area contributed by atoms with Gasteiger partial charge in [-0.15, -0.1) is 0 Å². The zero-order valence-corrected chi connectivity index (χ0v) is 13.4. The van der Waals surface area contributed by atoms with Crippen LogP contribution in [0.15, 0.2) is 23.9 Å². The second-order valence-corrected chi connectivity index (χ2v) is 6.83. The molecule has 0 fully saturated rings. The van der Waals surface area contributed by atoms with Gasteiger partial charge in [-0.3, -0.25) is 0 Å². The molecule has 108 valence electrons. The molecule has 0 unspecified atom stereocenters. The van der Waals surface area contributed by atoms with Crippen LogP contribution in [0.25, 0.3) is 18.2 Å². The zero-order chi connectivity index (χ0) is 14.4. The van der Waals surface area contributed by atoms with Crippen molar-refractivity contribution in [2.75, 3.05) is 19.8 Å². The van der Waals surface area contributed by atoms with Gasteiger partial charge in [-0.25, -0.2) is 0 Å². The van der Waals surface area contributed by atoms with E-state index in [1.807, 2.05) is 26.5 Å². The number of hydrogen-bond donors (Lipinski definition) is 0. The van der Waals surface area contributed by atoms with E-state index in [1.165, 1.54) is 16.7 Å². The molecule has 0 saturated carbocycles. The third kappa shape index (κ3) is 3.27. The van der Waals surface area contributed by atoms with Gasteiger partial charge in [-0.05, 0) is 43.2 Å². The van der Waals surface area contributed by atoms with Crippen LogP contribution in [0.1, 0.15) is 37.5 Å². The molecular formula is C16H22O3Si. The second-order valence-electron chi connectivity index (χ2n) is 4.42. The maximum atomic E-state index is 5.81. The standard InChI is InChI=1S/C16H22O3Si/c1-4-17-20(18-5-2,19-6-3)13-12-15-9-7-8-14-10-11-16(14)15/h7-13H,4-6H2,1-3H3. The Hall–Kier alpha value is -1.20. The summed E-state index contributed by atoms with van der Waals surface area (Å²) in [7, 11) is -2.70. The second kappa shape index (κ2) is 6.99. The van der Waals surface area contributed by atoms with Crippen LogP contribution in [0.4, 0.5) is 0 Å². The summed E-state index contributed by atoms with van der Waals surface area (Å²) in [5, 5.41) is 0. The van der Waals surface area contributed by atoms with E-state index in [0.29, 0.717) is 19.8 Å². The van der Waals surface area contributed by atoms with Gasteiger partial charge in [0.1, 0.15) is 0 Å². The molecule has 1 aromatic rings. The summed E-state index contributed by atoms with van der Waals surface area (Å²) in [6, 6.07) is 6.28. The van der Waals surface area contributed by atoms with Crippen LogP contribution in [-0.2, 0) is 13.3 Å². The van der Waals surface area contributed by atoms with Crippen LogP contribution >= 0.6 is 0 Å². The molecule has 3 nitrogen and oxygen atoms in total. The van der Waals surface area contributed by atoms with Crippen LogP contribution in [-0.4, -0.2) is 28.6 Å². The highest BCUT2D eigenvalue weighted by molar-refractivity contribution is 6.67. The minimum atomic E-state index is -2.70. The van der Waals surface area contributed by atoms with Crippen molar-refractivity contribution < 1.29 is 13.3 Å². The van der Waals surface area contributed by atoms with Crippen molar-refractivity contribution in [3.8, 4) is 0 Å². The average molecular weight is 290 g/mol. The van der Waals surface area contributed by atoms with Gasteiger partial charge in [0.15, 0.2) is 0 Å². The normalized spacial score (nSPS) is 13.6. The number of fused-ring (bicyclic) bond motifs is 1. The molecule has 0 amide bonds. The Morgan fingerprint density at radius 3 is 2.10 bits per heavy atom. The van der Waals surface area contributed by atoms with E-state index in [2.05, 4.69) is 36.4 Å². The smallest absolute Gasteiger partial charge is 0.371 e. The van der Waals surface area contributed by atoms with E-state index in [1.54, 1.807) is 0 Å². The van der Waals surface area contributed by atoms with Crippen molar-refractivity contribution in [2.45, 2.75) is 20.8 Å². The molecule has 0 heterocycles. The van der Waals surface area contributed by atoms with Gasteiger partial charge < -0.3 is 13.3 Å². The summed E-state index contributed by atoms with van der Waals surface area (Å²) >= 11 is 0. The fourth-order valence-electron chi connectivity index (χ4n) is 2.23. The Kier molecular flexibility index (Phi) is 5.31. The van der Waals surface area contributed by atoms with Crippen molar-refractivity contribution in [1.29, 1.82) is 0 Å². The minimum absolute atomic E-state index is 0.587. The van der Waals surface area contributed by atoms with Crippen molar-refractivity contribution in [1.82, 2.24) is 0 Å². The first-order valence-electron chi connectivity index (χ1n) is 7.17. The lowest BCUT2D eigenvalue weighted by atomic mass is 9.93. The third-order valence-corrected chi connectivity index (χ3v) is 5.75. The first-order valence-corrected chi connectivity index (χ1v) is 8.97. The molecule has 1 aliphatic carbocycles. The van der Waals surface area contributed by atoms with E-state index in [4.69, 9.17) is 13.3 Å². The highest BCUT2D eigenvalue weighted by atomic mass is 28.4. The van der Waals surface area contributed by atoms with Crippen LogP contribution in [0, 0.1) is 0 Å². The number of rotatable bonds is 8. The Morgan fingerprint density at radius 1 is 0.950 bits per heavy atom. The van der Waals surface area contributed by atoms with E-state index in [-0.39, 0.29) is 0 Å². The molecule has 0 aromatic heterocycles. The van der Waals surface area contributed by atoms with Crippen molar-refractivity contribution in [3.63, 3.8) is 0 Å². The molecule has 2 rings (SSSR count). The molecule has 0 saturated heterocycles. The molecule has 1 aliphatic rings. The van der Waals surface area contributed by atoms with Gasteiger partial charge in [0, 0.05) is 19.8 Å². The zero-order valence-electron chi connectivity index (χ0n) is 12.4. The molecule has 4 heteroatoms. The fraction of sp³-hybridized carbons (Fsp3) is 0.375. The quantitative estimate of drug-likeness (QED) is 0.693. The summed E-state index contributed by atoms with van der Waals surface area (Å²) in [6.07, 6.45) is 6.31. The highest BCUT2D eigenvalue weighted by Gasteiger charge is 2.37. The van der Waals surface area contributed by atoms with Crippen molar-refractivity contribution >= 4 is 27.0 Å². The van der Waals surface area contributed by atoms with E-state index in [0.717, 1.165) is 0 Å². The molecule has 20 heavy (non-hydrogen) atoms. The summed E-state index contributed by atoms with van der Waals surface area (Å²) in [6.45, 7) is 7.65. The first kappa shape index (κ1) is 15.2. The summed E-state index contributed by atoms with van der Waals surface area (Å²) in [4.78, 5) is 0. The Bertz CT molecular complexity index is 491. The molecule has 0 aliphatic heterocycles. The molecule has 1 aromatic carbocycles. The third-order valence-electron chi connectivity index (χ3n) is 3.11. The van der Waals surface area contributed by atoms with Crippen LogP contribution in [0.3, 0.4) is 0 Å². The Morgan fingerprint density at radius 2 is 1.60 bits per heavy atom. The van der Waals surface area contributed by atoms with Crippen LogP contribution in [0.5, 0.6) is 0 Å². The predicted molar refractivity (Wildman–Crippen MR) is 85.0 cm³/mol. The van der Waals surface area contributed by atoms with Gasteiger partial charge in [-0.1, -0.05) is 36.4 Å². The lowest BCUT2D eigenvalue weighted by Gasteiger charge is -2.25. The van der Waals surface area contributed by atoms with Gasteiger partial charge >= 0.3 is 8.80 Å². The molecule has 0 radical (unpaired) electrons. The first-order chi connectivity index (χ1) is 9.74. The number of hydrogen-bond acceptors (Lipinski definition) is 3. The topological polar surface area (TPSA) is 27.7 Å². The molecule has 0 N–H and O–H groups in total. The predicted octanol–water partition coefficient (Wildman–Crippen LogP) is 3.77. The van der Waals surface area contributed by atoms with Crippen LogP contribution < -0.4 is 0 Å². The van der Waals surface area contributed by atoms with E-state index < -0.39 is 8.80 Å². The summed E-state index contributed by atoms with van der Waals surface area (Å²) in [5.41, 5.74) is 5.73. The average Bonchev–Trinajstić information content (AvgIpc) is 2.39. The van der Waals surface area contributed by atoms with Gasteiger partial charge in [0.2, 0.25) is 0 Å². The summed E-state index contributed by atoms with van der Waals surface area (Å²) in [5.74, 6) is 0. The van der Waals surface area contributed by atoms with Gasteiger partial charge in [0.25, 0.3) is 0 Å². The largest absolute Gasteiger partial charge is 0.529 e. The van der Waals surface area contributed by atoms with Crippen molar-refractivity contribution in [3.05, 3.63) is 40.6 Å². The van der Waals surface area contributed by atoms with E-state index in [9.17, 15) is 0 Å². The Labute approximate surface area is 122 Å². The lowest BCUT2D eigenvalue weighted by Crippen LogP contribution is -2.44. The number of benzene rings is 1. The maximum Gasteiger partial charge on any atom is 0.529 e. The molecular weight excluding hydrogens is 268 g/mol. The lowest BCUT2D eigenvalue weighted by molar-refractivity contribution is 0.0845. The fourth-order valence-corrected chi connectivity index (χ4v) is 4.36. The molecule has 0 spiro atoms. The monoisotopic (exact) mass is 290 g/mol. The summed E-state index contributed by atoms with van der Waals surface area (Å²) < 4.78 is 17.4. The maximum absolute atomic E-state index is 5.81. The van der Waals surface area contributed by atoms with Gasteiger partial charge in [0.05, 0.1) is 0 Å². The highest BCUT2D eigenvalue weighted by Crippen LogP contribution is 2.28. The minimum Gasteiger partial charge on any atom is -0.371 e. The molecule has 0 bridgehead atoms. The van der Waals surface area contributed by atoms with Crippen molar-refractivity contribution in [2.24, 2.45) is 0 Å². The Balaban J connectivity index is 2.22.